The van der Waals surface area contributed by atoms with E-state index in [4.69, 9.17) is 9.84 Å². The van der Waals surface area contributed by atoms with Gasteiger partial charge < -0.3 is 9.84 Å². The molecule has 0 spiro atoms. The van der Waals surface area contributed by atoms with Crippen molar-refractivity contribution < 1.29 is 27.8 Å². The molecule has 0 rings (SSSR count). The number of hydrogen-bond acceptors (Lipinski definition) is 3. The second-order valence-corrected chi connectivity index (χ2v) is 4.93. The maximum absolute atomic E-state index is 12.0. The van der Waals surface area contributed by atoms with Crippen molar-refractivity contribution in [3.8, 4) is 0 Å². The van der Waals surface area contributed by atoms with Crippen LogP contribution in [-0.4, -0.2) is 23.4 Å². The normalized spacial score (nSPS) is 15.1. The van der Waals surface area contributed by atoms with Gasteiger partial charge in [-0.3, -0.25) is 4.79 Å². The van der Waals surface area contributed by atoms with Crippen molar-refractivity contribution in [2.24, 2.45) is 11.8 Å². The molecule has 120 valence electrons. The third-order valence-electron chi connectivity index (χ3n) is 2.35. The average molecular weight is 526 g/mol. The molecular weight excluding hydrogens is 506 g/mol. The van der Waals surface area contributed by atoms with E-state index in [2.05, 4.69) is 0 Å². The van der Waals surface area contributed by atoms with Crippen LogP contribution in [0.25, 0.3) is 0 Å². The number of rotatable bonds is 6. The Morgan fingerprint density at radius 3 is 2.11 bits per heavy atom. The van der Waals surface area contributed by atoms with E-state index in [1.165, 1.54) is 6.92 Å². The molecule has 0 aliphatic carbocycles. The molecule has 0 aliphatic rings. The van der Waals surface area contributed by atoms with E-state index in [1.807, 2.05) is 13.8 Å². The Bertz CT molecular complexity index is 269. The topological polar surface area (TPSA) is 46.5 Å². The van der Waals surface area contributed by atoms with E-state index < -0.39 is 30.8 Å². The molecule has 0 saturated heterocycles. The zero-order valence-corrected chi connectivity index (χ0v) is 13.7. The summed E-state index contributed by atoms with van der Waals surface area (Å²) in [5.74, 6) is -0.593. The second kappa shape index (κ2) is 7.61. The average Bonchev–Trinajstić information content (AvgIpc) is 2.14. The molecule has 2 atom stereocenters. The molecule has 0 aromatic carbocycles. The van der Waals surface area contributed by atoms with Gasteiger partial charge in [-0.15, -0.1) is 6.42 Å². The van der Waals surface area contributed by atoms with Crippen LogP contribution in [0.1, 0.15) is 40.5 Å². The number of aliphatic hydroxyl groups excluding tert-OH is 1. The predicted molar refractivity (Wildman–Crippen MR) is 60.0 cm³/mol. The van der Waals surface area contributed by atoms with E-state index in [9.17, 15) is 18.0 Å². The molecule has 0 aliphatic heterocycles. The molecule has 0 aromatic rings. The van der Waals surface area contributed by atoms with E-state index in [0.29, 0.717) is 12.3 Å². The van der Waals surface area contributed by atoms with E-state index in [1.54, 1.807) is 6.92 Å². The maximum Gasteiger partial charge on any atom is 0.308 e. The molecule has 0 bridgehead atoms. The Morgan fingerprint density at radius 1 is 1.26 bits per heavy atom. The van der Waals surface area contributed by atoms with Crippen molar-refractivity contribution in [1.29, 1.82) is 0 Å². The summed E-state index contributed by atoms with van der Waals surface area (Å²) in [7, 11) is 0. The first-order chi connectivity index (χ1) is 8.04. The summed E-state index contributed by atoms with van der Waals surface area (Å²) in [4.78, 5) is 11.5. The Balaban J connectivity index is 0. The summed E-state index contributed by atoms with van der Waals surface area (Å²) < 4.78 is 41.0. The van der Waals surface area contributed by atoms with E-state index in [-0.39, 0.29) is 5.92 Å². The van der Waals surface area contributed by atoms with Gasteiger partial charge in [-0.2, -0.15) is 0 Å². The SMILES string of the molecule is CC(C)CC(C)C(=O)OC(C)C[C-](O)C(F)(F)F.[Fm]. The molecule has 3 nitrogen and oxygen atoms in total. The first kappa shape index (κ1) is 19.6. The molecular formula is C12H20F3FmO3-. The zero-order chi connectivity index (χ0) is 14.5. The summed E-state index contributed by atoms with van der Waals surface area (Å²) in [6.45, 7) is 6.87. The van der Waals surface area contributed by atoms with Crippen LogP contribution >= 0.6 is 0 Å². The summed E-state index contributed by atoms with van der Waals surface area (Å²) >= 11 is 0. The zero-order valence-electron chi connectivity index (χ0n) is 11.3. The van der Waals surface area contributed by atoms with Crippen LogP contribution in [0.3, 0.4) is 0 Å². The Hall–Kier alpha value is -1.78. The summed E-state index contributed by atoms with van der Waals surface area (Å²) in [5.41, 5.74) is 0. The van der Waals surface area contributed by atoms with Crippen molar-refractivity contribution in [2.45, 2.75) is 52.8 Å². The molecule has 0 amide bonds. The quantitative estimate of drug-likeness (QED) is 0.426. The van der Waals surface area contributed by atoms with Gasteiger partial charge in [0.2, 0.25) is 0 Å². The van der Waals surface area contributed by atoms with Gasteiger partial charge in [0.05, 0.1) is 12.0 Å². The largest absolute Gasteiger partial charge is 0.554 e. The van der Waals surface area contributed by atoms with Gasteiger partial charge in [0.25, 0.3) is 6.18 Å². The number of esters is 1. The van der Waals surface area contributed by atoms with Gasteiger partial charge in [-0.25, -0.2) is 13.2 Å². The van der Waals surface area contributed by atoms with Crippen molar-refractivity contribution in [1.82, 2.24) is 0 Å². The molecule has 0 heterocycles. The van der Waals surface area contributed by atoms with Gasteiger partial charge >= 0.3 is 5.97 Å². The third-order valence-corrected chi connectivity index (χ3v) is 2.35. The fourth-order valence-corrected chi connectivity index (χ4v) is 1.55. The van der Waals surface area contributed by atoms with Crippen molar-refractivity contribution in [2.75, 3.05) is 0 Å². The molecule has 2 unspecified atom stereocenters. The number of halogens is 3. The molecule has 1 N–H and O–H groups in total. The molecule has 7 heteroatoms. The van der Waals surface area contributed by atoms with Crippen LogP contribution in [0.2, 0.25) is 0 Å². The Kier molecular flexibility index (Phi) is 7.83. The fraction of sp³-hybridized carbons (Fsp3) is 0.833. The van der Waals surface area contributed by atoms with Crippen molar-refractivity contribution in [3.05, 3.63) is 6.10 Å². The number of aliphatic hydroxyl groups is 1. The van der Waals surface area contributed by atoms with E-state index in [0.717, 1.165) is 0 Å². The number of hydrogen-bond donors (Lipinski definition) is 1. The fourth-order valence-electron chi connectivity index (χ4n) is 1.55. The number of alkyl halides is 3. The molecule has 19 heavy (non-hydrogen) atoms. The van der Waals surface area contributed by atoms with Gasteiger partial charge in [-0.05, 0) is 19.3 Å². The molecule has 0 radical (unpaired) electrons. The minimum Gasteiger partial charge on any atom is -0.554 e. The van der Waals surface area contributed by atoms with Gasteiger partial charge in [0.15, 0.2) is 0 Å². The standard InChI is InChI=1S/C12H20F3O3.Fm/c1-7(2)5-8(3)11(17)18-9(4)6-10(16)12(13,14)15;/h7-9,16H,5-6H2,1-4H3;/q-1;. The Labute approximate surface area is 105 Å². The van der Waals surface area contributed by atoms with Crippen molar-refractivity contribution >= 4 is 5.97 Å². The maximum atomic E-state index is 12.0. The second-order valence-electron chi connectivity index (χ2n) is 4.93. The summed E-state index contributed by atoms with van der Waals surface area (Å²) in [6, 6.07) is 0. The van der Waals surface area contributed by atoms with Crippen molar-refractivity contribution in [3.63, 3.8) is 0 Å². The molecule has 0 fully saturated rings. The van der Waals surface area contributed by atoms with Crippen LogP contribution in [0, 0.1) is 17.9 Å². The van der Waals surface area contributed by atoms with Crippen LogP contribution in [0.5, 0.6) is 0 Å². The molecule has 0 aromatic heterocycles. The minimum absolute atomic E-state index is 0. The smallest absolute Gasteiger partial charge is 0.308 e. The van der Waals surface area contributed by atoms with Crippen LogP contribution in [0.15, 0.2) is 0 Å². The third kappa shape index (κ3) is 8.02. The van der Waals surface area contributed by atoms with E-state index >= 15 is 0 Å². The van der Waals surface area contributed by atoms with Gasteiger partial charge in [0, 0.05) is 0 Å². The van der Waals surface area contributed by atoms with Crippen LogP contribution in [-0.2, 0) is 9.53 Å². The molecule has 0 saturated carbocycles. The first-order valence-electron chi connectivity index (χ1n) is 5.86. The van der Waals surface area contributed by atoms with Gasteiger partial charge in [0.1, 0.15) is 0 Å². The van der Waals surface area contributed by atoms with Crippen LogP contribution in [0.4, 0.5) is 13.2 Å². The number of carbonyl (C=O) groups excluding carboxylic acids is 1. The van der Waals surface area contributed by atoms with Gasteiger partial charge in [-0.1, -0.05) is 26.9 Å². The Morgan fingerprint density at radius 2 is 1.74 bits per heavy atom. The summed E-state index contributed by atoms with van der Waals surface area (Å²) in [5, 5.41) is 8.75. The minimum atomic E-state index is -4.76. The first-order valence-corrected chi connectivity index (χ1v) is 5.86. The summed E-state index contributed by atoms with van der Waals surface area (Å²) in [6.07, 6.45) is -7.48. The predicted octanol–water partition coefficient (Wildman–Crippen LogP) is 3.46. The van der Waals surface area contributed by atoms with Crippen LogP contribution < -0.4 is 0 Å². The number of carbonyl (C=O) groups is 1. The monoisotopic (exact) mass is 526 g/mol. The number of ether oxygens (including phenoxy) is 1.